The van der Waals surface area contributed by atoms with E-state index in [-0.39, 0.29) is 0 Å². The lowest BCUT2D eigenvalue weighted by Crippen LogP contribution is -2.00. The molecule has 0 saturated heterocycles. The SMILES string of the molecule is Nc1cccc(Cn2cnc3c(-c4cc[nH]n4)ncnc32)c1. The summed E-state index contributed by atoms with van der Waals surface area (Å²) in [6.45, 7) is 0.651. The molecule has 0 unspecified atom stereocenters. The topological polar surface area (TPSA) is 98.3 Å². The number of fused-ring (bicyclic) bond motifs is 1. The van der Waals surface area contributed by atoms with E-state index < -0.39 is 0 Å². The van der Waals surface area contributed by atoms with Gasteiger partial charge in [0, 0.05) is 11.9 Å². The van der Waals surface area contributed by atoms with Crippen LogP contribution in [0.1, 0.15) is 5.56 Å². The summed E-state index contributed by atoms with van der Waals surface area (Å²) in [5.74, 6) is 0. The minimum atomic E-state index is 0.651. The van der Waals surface area contributed by atoms with Gasteiger partial charge < -0.3 is 10.3 Å². The maximum absolute atomic E-state index is 5.83. The van der Waals surface area contributed by atoms with Gasteiger partial charge in [-0.25, -0.2) is 15.0 Å². The largest absolute Gasteiger partial charge is 0.399 e. The number of nitrogens with zero attached hydrogens (tertiary/aromatic N) is 5. The van der Waals surface area contributed by atoms with Crippen molar-refractivity contribution in [2.45, 2.75) is 6.54 Å². The van der Waals surface area contributed by atoms with Gasteiger partial charge in [-0.1, -0.05) is 12.1 Å². The molecule has 0 aliphatic rings. The molecule has 7 nitrogen and oxygen atoms in total. The first kappa shape index (κ1) is 12.5. The van der Waals surface area contributed by atoms with Gasteiger partial charge in [0.05, 0.1) is 12.9 Å². The quantitative estimate of drug-likeness (QED) is 0.561. The van der Waals surface area contributed by atoms with E-state index in [0.29, 0.717) is 6.54 Å². The van der Waals surface area contributed by atoms with Crippen LogP contribution in [0.5, 0.6) is 0 Å². The number of hydrogen-bond acceptors (Lipinski definition) is 5. The molecule has 108 valence electrons. The number of nitrogens with one attached hydrogen (secondary N) is 1. The second-order valence-electron chi connectivity index (χ2n) is 4.97. The number of aromatic nitrogens is 6. The smallest absolute Gasteiger partial charge is 0.164 e. The van der Waals surface area contributed by atoms with E-state index in [1.807, 2.05) is 34.9 Å². The summed E-state index contributed by atoms with van der Waals surface area (Å²) in [6, 6.07) is 9.64. The summed E-state index contributed by atoms with van der Waals surface area (Å²) >= 11 is 0. The number of hydrogen-bond donors (Lipinski definition) is 2. The van der Waals surface area contributed by atoms with Gasteiger partial charge in [-0.3, -0.25) is 5.10 Å². The van der Waals surface area contributed by atoms with Crippen LogP contribution in [-0.2, 0) is 6.54 Å². The molecule has 0 aliphatic heterocycles. The molecule has 3 N–H and O–H groups in total. The molecule has 0 bridgehead atoms. The minimum absolute atomic E-state index is 0.651. The van der Waals surface area contributed by atoms with Crippen LogP contribution in [0.3, 0.4) is 0 Å². The average Bonchev–Trinajstić information content (AvgIpc) is 3.17. The molecule has 7 heteroatoms. The van der Waals surface area contributed by atoms with Crippen molar-refractivity contribution >= 4 is 16.9 Å². The minimum Gasteiger partial charge on any atom is -0.399 e. The van der Waals surface area contributed by atoms with Gasteiger partial charge in [0.15, 0.2) is 5.65 Å². The molecule has 4 rings (SSSR count). The van der Waals surface area contributed by atoms with Gasteiger partial charge in [-0.05, 0) is 23.8 Å². The third kappa shape index (κ3) is 2.08. The highest BCUT2D eigenvalue weighted by atomic mass is 15.1. The zero-order valence-corrected chi connectivity index (χ0v) is 11.6. The number of nitrogens with two attached hydrogens (primary N) is 1. The monoisotopic (exact) mass is 291 g/mol. The number of nitrogen functional groups attached to an aromatic ring is 1. The zero-order valence-electron chi connectivity index (χ0n) is 11.6. The van der Waals surface area contributed by atoms with Gasteiger partial charge in [0.2, 0.25) is 0 Å². The molecule has 0 aliphatic carbocycles. The number of aromatic amines is 1. The summed E-state index contributed by atoms with van der Waals surface area (Å²) in [7, 11) is 0. The Hall–Kier alpha value is -3.22. The molecule has 1 aromatic carbocycles. The highest BCUT2D eigenvalue weighted by Gasteiger charge is 2.13. The Morgan fingerprint density at radius 2 is 2.09 bits per heavy atom. The maximum atomic E-state index is 5.83. The Kier molecular flexibility index (Phi) is 2.82. The van der Waals surface area contributed by atoms with Gasteiger partial charge in [0.1, 0.15) is 23.2 Å². The van der Waals surface area contributed by atoms with Crippen LogP contribution in [0.15, 0.2) is 49.2 Å². The molecule has 0 fully saturated rings. The lowest BCUT2D eigenvalue weighted by atomic mass is 10.2. The van der Waals surface area contributed by atoms with Crippen LogP contribution < -0.4 is 5.73 Å². The summed E-state index contributed by atoms with van der Waals surface area (Å²) in [6.07, 6.45) is 5.05. The zero-order chi connectivity index (χ0) is 14.9. The summed E-state index contributed by atoms with van der Waals surface area (Å²) in [5.41, 5.74) is 10.6. The van der Waals surface area contributed by atoms with Crippen molar-refractivity contribution in [3.05, 3.63) is 54.7 Å². The van der Waals surface area contributed by atoms with Crippen molar-refractivity contribution in [1.29, 1.82) is 0 Å². The van der Waals surface area contributed by atoms with E-state index in [9.17, 15) is 0 Å². The predicted octanol–water partition coefficient (Wildman–Crippen LogP) is 1.85. The predicted molar refractivity (Wildman–Crippen MR) is 82.9 cm³/mol. The van der Waals surface area contributed by atoms with Gasteiger partial charge in [-0.15, -0.1) is 0 Å². The Balaban J connectivity index is 1.79. The van der Waals surface area contributed by atoms with E-state index >= 15 is 0 Å². The fraction of sp³-hybridized carbons (Fsp3) is 0.0667. The first-order chi connectivity index (χ1) is 10.8. The number of benzene rings is 1. The fourth-order valence-corrected chi connectivity index (χ4v) is 2.46. The van der Waals surface area contributed by atoms with Crippen molar-refractivity contribution < 1.29 is 0 Å². The van der Waals surface area contributed by atoms with Gasteiger partial charge in [-0.2, -0.15) is 5.10 Å². The van der Waals surface area contributed by atoms with Crippen LogP contribution >= 0.6 is 0 Å². The van der Waals surface area contributed by atoms with Crippen LogP contribution in [0, 0.1) is 0 Å². The van der Waals surface area contributed by atoms with Crippen molar-refractivity contribution in [2.75, 3.05) is 5.73 Å². The first-order valence-corrected chi connectivity index (χ1v) is 6.81. The summed E-state index contributed by atoms with van der Waals surface area (Å²) < 4.78 is 1.97. The normalized spacial score (nSPS) is 11.1. The summed E-state index contributed by atoms with van der Waals surface area (Å²) in [5, 5.41) is 6.95. The summed E-state index contributed by atoms with van der Waals surface area (Å²) in [4.78, 5) is 13.1. The molecule has 0 amide bonds. The third-order valence-electron chi connectivity index (χ3n) is 3.45. The Morgan fingerprint density at radius 3 is 2.91 bits per heavy atom. The van der Waals surface area contributed by atoms with Crippen LogP contribution in [-0.4, -0.2) is 29.7 Å². The maximum Gasteiger partial charge on any atom is 0.164 e. The standard InChI is InChI=1S/C15H13N7/c16-11-3-1-2-10(6-11)7-22-9-19-14-13(12-4-5-20-21-12)17-8-18-15(14)22/h1-6,8-9H,7,16H2,(H,20,21). The van der Waals surface area contributed by atoms with Crippen LogP contribution in [0.25, 0.3) is 22.6 Å². The second-order valence-corrected chi connectivity index (χ2v) is 4.97. The lowest BCUT2D eigenvalue weighted by molar-refractivity contribution is 0.813. The van der Waals surface area contributed by atoms with Gasteiger partial charge in [0.25, 0.3) is 0 Å². The third-order valence-corrected chi connectivity index (χ3v) is 3.45. The van der Waals surface area contributed by atoms with Crippen molar-refractivity contribution in [2.24, 2.45) is 0 Å². The molecule has 0 saturated carbocycles. The highest BCUT2D eigenvalue weighted by molar-refractivity contribution is 5.85. The molecule has 0 atom stereocenters. The van der Waals surface area contributed by atoms with E-state index in [4.69, 9.17) is 5.73 Å². The first-order valence-electron chi connectivity index (χ1n) is 6.81. The molecule has 3 heterocycles. The molecule has 22 heavy (non-hydrogen) atoms. The van der Waals surface area contributed by atoms with Gasteiger partial charge >= 0.3 is 0 Å². The van der Waals surface area contributed by atoms with E-state index in [0.717, 1.165) is 33.8 Å². The molecule has 3 aromatic heterocycles. The van der Waals surface area contributed by atoms with Crippen molar-refractivity contribution in [3.63, 3.8) is 0 Å². The molecule has 0 radical (unpaired) electrons. The second kappa shape index (κ2) is 4.96. The number of rotatable bonds is 3. The molecule has 0 spiro atoms. The molecular formula is C15H13N7. The average molecular weight is 291 g/mol. The Bertz CT molecular complexity index is 924. The fourth-order valence-electron chi connectivity index (χ4n) is 2.46. The van der Waals surface area contributed by atoms with Crippen molar-refractivity contribution in [3.8, 4) is 11.4 Å². The van der Waals surface area contributed by atoms with E-state index in [1.165, 1.54) is 6.33 Å². The molecular weight excluding hydrogens is 278 g/mol. The van der Waals surface area contributed by atoms with Crippen LogP contribution in [0.4, 0.5) is 5.69 Å². The number of imidazole rings is 1. The van der Waals surface area contributed by atoms with E-state index in [1.54, 1.807) is 12.5 Å². The van der Waals surface area contributed by atoms with Crippen molar-refractivity contribution in [1.82, 2.24) is 29.7 Å². The van der Waals surface area contributed by atoms with Crippen LogP contribution in [0.2, 0.25) is 0 Å². The van der Waals surface area contributed by atoms with E-state index in [2.05, 4.69) is 25.1 Å². The number of H-pyrrole nitrogens is 1. The highest BCUT2D eigenvalue weighted by Crippen LogP contribution is 2.22. The Morgan fingerprint density at radius 1 is 1.14 bits per heavy atom. The lowest BCUT2D eigenvalue weighted by Gasteiger charge is -2.05. The Labute approximate surface area is 125 Å². The number of anilines is 1. The molecule has 4 aromatic rings.